The molecule has 2 saturated heterocycles. The Kier molecular flexibility index (Phi) is 4.37. The van der Waals surface area contributed by atoms with Crippen LogP contribution in [0.1, 0.15) is 47.0 Å². The number of carbonyl (C=O) groups excluding carboxylic acids is 2. The minimum Gasteiger partial charge on any atom is -0.373 e. The summed E-state index contributed by atoms with van der Waals surface area (Å²) in [6.07, 6.45) is 2.81. The van der Waals surface area contributed by atoms with Crippen molar-refractivity contribution in [3.05, 3.63) is 0 Å². The third-order valence-electron chi connectivity index (χ3n) is 4.08. The third-order valence-corrected chi connectivity index (χ3v) is 4.08. The molecule has 0 saturated carbocycles. The third kappa shape index (κ3) is 3.51. The van der Waals surface area contributed by atoms with Crippen LogP contribution < -0.4 is 5.32 Å². The van der Waals surface area contributed by atoms with Crippen molar-refractivity contribution in [2.75, 3.05) is 13.1 Å². The molecule has 3 atom stereocenters. The highest BCUT2D eigenvalue weighted by atomic mass is 16.5. The summed E-state index contributed by atoms with van der Waals surface area (Å²) in [6.45, 7) is 9.10. The monoisotopic (exact) mass is 282 g/mol. The first kappa shape index (κ1) is 15.3. The van der Waals surface area contributed by atoms with Gasteiger partial charge in [0.25, 0.3) is 0 Å². The normalized spacial score (nSPS) is 32.2. The van der Waals surface area contributed by atoms with E-state index in [1.165, 1.54) is 0 Å². The largest absolute Gasteiger partial charge is 0.373 e. The summed E-state index contributed by atoms with van der Waals surface area (Å²) in [5, 5.41) is 2.86. The minimum atomic E-state index is -0.448. The Hall–Kier alpha value is -1.10. The van der Waals surface area contributed by atoms with Crippen LogP contribution >= 0.6 is 0 Å². The molecule has 0 aliphatic carbocycles. The number of rotatable bonds is 2. The number of nitrogens with one attached hydrogen (secondary N) is 1. The van der Waals surface area contributed by atoms with Gasteiger partial charge in [-0.1, -0.05) is 20.8 Å². The molecule has 0 aromatic rings. The number of hydrogen-bond donors (Lipinski definition) is 1. The van der Waals surface area contributed by atoms with E-state index in [4.69, 9.17) is 4.74 Å². The summed E-state index contributed by atoms with van der Waals surface area (Å²) >= 11 is 0. The number of hydrogen-bond acceptors (Lipinski definition) is 3. The van der Waals surface area contributed by atoms with E-state index in [0.717, 1.165) is 12.8 Å². The van der Waals surface area contributed by atoms with Crippen LogP contribution in [0.15, 0.2) is 0 Å². The predicted octanol–water partition coefficient (Wildman–Crippen LogP) is 1.32. The molecule has 2 aliphatic heterocycles. The highest BCUT2D eigenvalue weighted by Gasteiger charge is 2.39. The van der Waals surface area contributed by atoms with Gasteiger partial charge in [0.2, 0.25) is 11.8 Å². The van der Waals surface area contributed by atoms with Crippen LogP contribution in [-0.4, -0.2) is 48.1 Å². The van der Waals surface area contributed by atoms with Crippen molar-refractivity contribution in [2.45, 2.75) is 65.2 Å². The number of carbonyl (C=O) groups is 2. The molecule has 1 N–H and O–H groups in total. The average Bonchev–Trinajstić information content (AvgIpc) is 2.68. The van der Waals surface area contributed by atoms with Crippen molar-refractivity contribution in [3.63, 3.8) is 0 Å². The molecule has 2 amide bonds. The van der Waals surface area contributed by atoms with E-state index in [2.05, 4.69) is 12.2 Å². The van der Waals surface area contributed by atoms with Gasteiger partial charge in [0.1, 0.15) is 6.04 Å². The maximum Gasteiger partial charge on any atom is 0.245 e. The van der Waals surface area contributed by atoms with Crippen molar-refractivity contribution in [3.8, 4) is 0 Å². The Bertz CT molecular complexity index is 389. The molecule has 0 radical (unpaired) electrons. The Balaban J connectivity index is 2.07. The van der Waals surface area contributed by atoms with Gasteiger partial charge in [-0.3, -0.25) is 9.59 Å². The van der Waals surface area contributed by atoms with Gasteiger partial charge in [-0.05, 0) is 25.2 Å². The van der Waals surface area contributed by atoms with E-state index in [9.17, 15) is 9.59 Å². The van der Waals surface area contributed by atoms with Crippen molar-refractivity contribution < 1.29 is 14.3 Å². The standard InChI is InChI=1S/C15H26N2O3/c1-10-5-6-11(20-10)9-17-8-7-12(18)16-13(14(17)19)15(2,3)4/h10-11,13H,5-9H2,1-4H3,(H,16,18). The van der Waals surface area contributed by atoms with Gasteiger partial charge < -0.3 is 15.0 Å². The first-order valence-corrected chi connectivity index (χ1v) is 7.51. The SMILES string of the molecule is CC1CCC(CN2CCC(=O)NC(C(C)(C)C)C2=O)O1. The van der Waals surface area contributed by atoms with Gasteiger partial charge in [0.15, 0.2) is 0 Å². The second-order valence-electron chi connectivity index (χ2n) is 7.05. The summed E-state index contributed by atoms with van der Waals surface area (Å²) in [7, 11) is 0. The van der Waals surface area contributed by atoms with E-state index in [-0.39, 0.29) is 29.4 Å². The molecule has 2 rings (SSSR count). The van der Waals surface area contributed by atoms with Crippen LogP contribution in [-0.2, 0) is 14.3 Å². The maximum absolute atomic E-state index is 12.7. The minimum absolute atomic E-state index is 0.0199. The van der Waals surface area contributed by atoms with Gasteiger partial charge in [-0.2, -0.15) is 0 Å². The molecular weight excluding hydrogens is 256 g/mol. The summed E-state index contributed by atoms with van der Waals surface area (Å²) in [5.41, 5.74) is -0.279. The van der Waals surface area contributed by atoms with Crippen LogP contribution in [0, 0.1) is 5.41 Å². The van der Waals surface area contributed by atoms with Gasteiger partial charge in [0.05, 0.1) is 12.2 Å². The van der Waals surface area contributed by atoms with Crippen LogP contribution in [0.4, 0.5) is 0 Å². The summed E-state index contributed by atoms with van der Waals surface area (Å²) < 4.78 is 5.80. The fraction of sp³-hybridized carbons (Fsp3) is 0.867. The highest BCUT2D eigenvalue weighted by molar-refractivity contribution is 5.90. The van der Waals surface area contributed by atoms with Crippen LogP contribution in [0.25, 0.3) is 0 Å². The van der Waals surface area contributed by atoms with Gasteiger partial charge in [0, 0.05) is 19.5 Å². The maximum atomic E-state index is 12.7. The summed E-state index contributed by atoms with van der Waals surface area (Å²) in [5.74, 6) is -0.0204. The zero-order valence-electron chi connectivity index (χ0n) is 12.9. The fourth-order valence-corrected chi connectivity index (χ4v) is 2.86. The molecule has 5 nitrogen and oxygen atoms in total. The second kappa shape index (κ2) is 5.72. The Morgan fingerprint density at radius 1 is 1.30 bits per heavy atom. The van der Waals surface area contributed by atoms with Crippen molar-refractivity contribution in [1.82, 2.24) is 10.2 Å². The Labute approximate surface area is 121 Å². The van der Waals surface area contributed by atoms with Gasteiger partial charge in [-0.25, -0.2) is 0 Å². The molecule has 0 aromatic heterocycles. The van der Waals surface area contributed by atoms with Crippen LogP contribution in [0.2, 0.25) is 0 Å². The van der Waals surface area contributed by atoms with E-state index >= 15 is 0 Å². The number of amides is 2. The highest BCUT2D eigenvalue weighted by Crippen LogP contribution is 2.25. The van der Waals surface area contributed by atoms with Crippen molar-refractivity contribution in [2.24, 2.45) is 5.41 Å². The fourth-order valence-electron chi connectivity index (χ4n) is 2.86. The second-order valence-corrected chi connectivity index (χ2v) is 7.05. The molecule has 20 heavy (non-hydrogen) atoms. The van der Waals surface area contributed by atoms with Gasteiger partial charge in [-0.15, -0.1) is 0 Å². The molecule has 5 heteroatoms. The van der Waals surface area contributed by atoms with E-state index in [1.54, 1.807) is 4.90 Å². The summed E-state index contributed by atoms with van der Waals surface area (Å²) in [6, 6.07) is -0.448. The smallest absolute Gasteiger partial charge is 0.245 e. The van der Waals surface area contributed by atoms with Crippen LogP contribution in [0.3, 0.4) is 0 Å². The van der Waals surface area contributed by atoms with Gasteiger partial charge >= 0.3 is 0 Å². The zero-order chi connectivity index (χ0) is 14.9. The first-order valence-electron chi connectivity index (χ1n) is 7.51. The molecule has 2 aliphatic rings. The molecule has 0 spiro atoms. The molecule has 114 valence electrons. The molecule has 2 heterocycles. The van der Waals surface area contributed by atoms with E-state index < -0.39 is 6.04 Å². The lowest BCUT2D eigenvalue weighted by atomic mass is 9.86. The lowest BCUT2D eigenvalue weighted by molar-refractivity contribution is -0.138. The predicted molar refractivity (Wildman–Crippen MR) is 76.2 cm³/mol. The molecular formula is C15H26N2O3. The molecule has 2 fully saturated rings. The molecule has 3 unspecified atom stereocenters. The Morgan fingerprint density at radius 3 is 2.55 bits per heavy atom. The first-order chi connectivity index (χ1) is 9.27. The zero-order valence-corrected chi connectivity index (χ0v) is 12.9. The topological polar surface area (TPSA) is 58.6 Å². The van der Waals surface area contributed by atoms with Crippen molar-refractivity contribution >= 4 is 11.8 Å². The lowest BCUT2D eigenvalue weighted by Crippen LogP contribution is -2.52. The van der Waals surface area contributed by atoms with E-state index in [0.29, 0.717) is 19.5 Å². The lowest BCUT2D eigenvalue weighted by Gasteiger charge is -2.33. The van der Waals surface area contributed by atoms with E-state index in [1.807, 2.05) is 20.8 Å². The number of ether oxygens (including phenoxy) is 1. The molecule has 0 aromatic carbocycles. The Morgan fingerprint density at radius 2 is 2.00 bits per heavy atom. The molecule has 0 bridgehead atoms. The summed E-state index contributed by atoms with van der Waals surface area (Å²) in [4.78, 5) is 26.3. The average molecular weight is 282 g/mol. The van der Waals surface area contributed by atoms with Crippen LogP contribution in [0.5, 0.6) is 0 Å². The number of nitrogens with zero attached hydrogens (tertiary/aromatic N) is 1. The quantitative estimate of drug-likeness (QED) is 0.831. The van der Waals surface area contributed by atoms with Crippen molar-refractivity contribution in [1.29, 1.82) is 0 Å².